The molecular formula is C17H24N2O. The lowest BCUT2D eigenvalue weighted by Gasteiger charge is -2.28. The predicted octanol–water partition coefficient (Wildman–Crippen LogP) is 1.99. The first kappa shape index (κ1) is 13.6. The number of carbonyl (C=O) groups excluding carboxylic acids is 1. The van der Waals surface area contributed by atoms with Crippen molar-refractivity contribution in [1.82, 2.24) is 4.90 Å². The molecule has 1 heterocycles. The van der Waals surface area contributed by atoms with Gasteiger partial charge in [0.15, 0.2) is 0 Å². The highest BCUT2D eigenvalue weighted by Crippen LogP contribution is 2.29. The summed E-state index contributed by atoms with van der Waals surface area (Å²) in [6, 6.07) is 8.73. The number of aryl methyl sites for hydroxylation is 1. The summed E-state index contributed by atoms with van der Waals surface area (Å²) in [5.74, 6) is 1.01. The van der Waals surface area contributed by atoms with Gasteiger partial charge >= 0.3 is 0 Å². The maximum atomic E-state index is 12.7. The topological polar surface area (TPSA) is 46.3 Å². The molecule has 1 saturated heterocycles. The molecule has 0 bridgehead atoms. The predicted molar refractivity (Wildman–Crippen MR) is 80.3 cm³/mol. The van der Waals surface area contributed by atoms with Crippen LogP contribution in [0, 0.1) is 11.8 Å². The molecular weight excluding hydrogens is 248 g/mol. The van der Waals surface area contributed by atoms with Crippen molar-refractivity contribution in [2.75, 3.05) is 13.1 Å². The fraction of sp³-hybridized carbons (Fsp3) is 0.588. The normalized spacial score (nSPS) is 27.2. The van der Waals surface area contributed by atoms with Gasteiger partial charge in [0.1, 0.15) is 0 Å². The van der Waals surface area contributed by atoms with Crippen molar-refractivity contribution >= 4 is 5.91 Å². The van der Waals surface area contributed by atoms with E-state index in [9.17, 15) is 4.79 Å². The Labute approximate surface area is 121 Å². The van der Waals surface area contributed by atoms with Gasteiger partial charge in [0.05, 0.1) is 0 Å². The van der Waals surface area contributed by atoms with Gasteiger partial charge < -0.3 is 10.6 Å². The Morgan fingerprint density at radius 2 is 2.05 bits per heavy atom. The summed E-state index contributed by atoms with van der Waals surface area (Å²) in [6.45, 7) is 3.80. The maximum absolute atomic E-state index is 12.7. The molecule has 108 valence electrons. The van der Waals surface area contributed by atoms with Crippen molar-refractivity contribution in [3.63, 3.8) is 0 Å². The molecule has 1 aromatic carbocycles. The van der Waals surface area contributed by atoms with Gasteiger partial charge in [-0.2, -0.15) is 0 Å². The van der Waals surface area contributed by atoms with E-state index in [1.165, 1.54) is 11.1 Å². The molecule has 0 saturated carbocycles. The number of benzene rings is 1. The Morgan fingerprint density at radius 1 is 1.30 bits per heavy atom. The second-order valence-electron chi connectivity index (χ2n) is 6.40. The molecule has 1 amide bonds. The molecule has 0 spiro atoms. The summed E-state index contributed by atoms with van der Waals surface area (Å²) >= 11 is 0. The zero-order valence-corrected chi connectivity index (χ0v) is 12.2. The first-order valence-corrected chi connectivity index (χ1v) is 7.76. The van der Waals surface area contributed by atoms with Gasteiger partial charge in [-0.15, -0.1) is 0 Å². The lowest BCUT2D eigenvalue weighted by Crippen LogP contribution is -2.38. The van der Waals surface area contributed by atoms with E-state index in [1.807, 2.05) is 4.90 Å². The first-order chi connectivity index (χ1) is 9.65. The van der Waals surface area contributed by atoms with E-state index >= 15 is 0 Å². The Balaban J connectivity index is 1.65. The van der Waals surface area contributed by atoms with Gasteiger partial charge in [0.2, 0.25) is 5.91 Å². The molecule has 1 aliphatic carbocycles. The molecule has 3 unspecified atom stereocenters. The van der Waals surface area contributed by atoms with Crippen molar-refractivity contribution < 1.29 is 4.79 Å². The van der Waals surface area contributed by atoms with E-state index in [-0.39, 0.29) is 12.0 Å². The van der Waals surface area contributed by atoms with Crippen LogP contribution in [-0.2, 0) is 17.6 Å². The average molecular weight is 272 g/mol. The van der Waals surface area contributed by atoms with Gasteiger partial charge in [0, 0.05) is 25.0 Å². The van der Waals surface area contributed by atoms with Crippen LogP contribution in [0.2, 0.25) is 0 Å². The third kappa shape index (κ3) is 2.59. The molecule has 0 radical (unpaired) electrons. The van der Waals surface area contributed by atoms with Crippen LogP contribution < -0.4 is 5.73 Å². The Bertz CT molecular complexity index is 498. The number of hydrogen-bond acceptors (Lipinski definition) is 2. The van der Waals surface area contributed by atoms with Crippen LogP contribution in [-0.4, -0.2) is 29.9 Å². The summed E-state index contributed by atoms with van der Waals surface area (Å²) in [5.41, 5.74) is 8.75. The third-order valence-electron chi connectivity index (χ3n) is 4.98. The van der Waals surface area contributed by atoms with E-state index in [0.717, 1.165) is 38.8 Å². The van der Waals surface area contributed by atoms with Crippen LogP contribution in [0.1, 0.15) is 30.9 Å². The highest BCUT2D eigenvalue weighted by atomic mass is 16.2. The molecule has 1 aliphatic heterocycles. The van der Waals surface area contributed by atoms with Crippen molar-refractivity contribution in [1.29, 1.82) is 0 Å². The van der Waals surface area contributed by atoms with E-state index in [4.69, 9.17) is 5.73 Å². The molecule has 3 nitrogen and oxygen atoms in total. The molecule has 3 heteroatoms. The van der Waals surface area contributed by atoms with Crippen LogP contribution in [0.15, 0.2) is 24.3 Å². The highest BCUT2D eigenvalue weighted by molar-refractivity contribution is 5.79. The Morgan fingerprint density at radius 3 is 2.75 bits per heavy atom. The molecule has 3 atom stereocenters. The largest absolute Gasteiger partial charge is 0.342 e. The molecule has 1 aromatic rings. The Hall–Kier alpha value is -1.35. The van der Waals surface area contributed by atoms with Gasteiger partial charge in [-0.05, 0) is 49.7 Å². The molecule has 3 rings (SSSR count). The summed E-state index contributed by atoms with van der Waals surface area (Å²) in [7, 11) is 0. The minimum atomic E-state index is 0.178. The van der Waals surface area contributed by atoms with E-state index in [1.54, 1.807) is 0 Å². The number of fused-ring (bicyclic) bond motifs is 1. The molecule has 0 aromatic heterocycles. The SMILES string of the molecule is CC(N)C1CCN(C(=O)C2CCc3ccccc3C2)C1. The summed E-state index contributed by atoms with van der Waals surface area (Å²) in [6.07, 6.45) is 4.01. The molecule has 2 N–H and O–H groups in total. The van der Waals surface area contributed by atoms with Crippen LogP contribution in [0.3, 0.4) is 0 Å². The number of nitrogens with two attached hydrogens (primary N) is 1. The summed E-state index contributed by atoms with van der Waals surface area (Å²) in [5, 5.41) is 0. The molecule has 2 aliphatic rings. The van der Waals surface area contributed by atoms with Crippen molar-refractivity contribution in [3.8, 4) is 0 Å². The summed E-state index contributed by atoms with van der Waals surface area (Å²) < 4.78 is 0. The fourth-order valence-corrected chi connectivity index (χ4v) is 3.58. The first-order valence-electron chi connectivity index (χ1n) is 7.76. The van der Waals surface area contributed by atoms with Crippen LogP contribution >= 0.6 is 0 Å². The van der Waals surface area contributed by atoms with Gasteiger partial charge in [-0.1, -0.05) is 24.3 Å². The van der Waals surface area contributed by atoms with E-state index < -0.39 is 0 Å². The minimum Gasteiger partial charge on any atom is -0.342 e. The average Bonchev–Trinajstić information content (AvgIpc) is 2.96. The van der Waals surface area contributed by atoms with E-state index in [2.05, 4.69) is 31.2 Å². The van der Waals surface area contributed by atoms with Gasteiger partial charge in [-0.3, -0.25) is 4.79 Å². The lowest BCUT2D eigenvalue weighted by molar-refractivity contribution is -0.135. The van der Waals surface area contributed by atoms with Crippen LogP contribution in [0.25, 0.3) is 0 Å². The number of hydrogen-bond donors (Lipinski definition) is 1. The minimum absolute atomic E-state index is 0.178. The monoisotopic (exact) mass is 272 g/mol. The van der Waals surface area contributed by atoms with Crippen molar-refractivity contribution in [2.45, 2.75) is 38.6 Å². The lowest BCUT2D eigenvalue weighted by atomic mass is 9.83. The highest BCUT2D eigenvalue weighted by Gasteiger charge is 2.33. The van der Waals surface area contributed by atoms with Crippen molar-refractivity contribution in [3.05, 3.63) is 35.4 Å². The molecule has 1 fully saturated rings. The number of likely N-dealkylation sites (tertiary alicyclic amines) is 1. The standard InChI is InChI=1S/C17H24N2O/c1-12(18)16-8-9-19(11-16)17(20)15-7-6-13-4-2-3-5-14(13)10-15/h2-5,12,15-16H,6-11,18H2,1H3. The number of nitrogens with zero attached hydrogens (tertiary/aromatic N) is 1. The fourth-order valence-electron chi connectivity index (χ4n) is 3.58. The Kier molecular flexibility index (Phi) is 3.79. The molecule has 20 heavy (non-hydrogen) atoms. The second-order valence-corrected chi connectivity index (χ2v) is 6.40. The van der Waals surface area contributed by atoms with Gasteiger partial charge in [0.25, 0.3) is 0 Å². The van der Waals surface area contributed by atoms with Gasteiger partial charge in [-0.25, -0.2) is 0 Å². The van der Waals surface area contributed by atoms with Crippen molar-refractivity contribution in [2.24, 2.45) is 17.6 Å². The smallest absolute Gasteiger partial charge is 0.226 e. The summed E-state index contributed by atoms with van der Waals surface area (Å²) in [4.78, 5) is 14.7. The van der Waals surface area contributed by atoms with Crippen LogP contribution in [0.4, 0.5) is 0 Å². The van der Waals surface area contributed by atoms with E-state index in [0.29, 0.717) is 11.8 Å². The number of carbonyl (C=O) groups is 1. The quantitative estimate of drug-likeness (QED) is 0.895. The zero-order valence-electron chi connectivity index (χ0n) is 12.2. The number of rotatable bonds is 2. The van der Waals surface area contributed by atoms with Crippen LogP contribution in [0.5, 0.6) is 0 Å². The second kappa shape index (κ2) is 5.57. The maximum Gasteiger partial charge on any atom is 0.226 e. The third-order valence-corrected chi connectivity index (χ3v) is 4.98. The number of amides is 1. The zero-order chi connectivity index (χ0) is 14.1.